The minimum absolute atomic E-state index is 0.176. The molecule has 82 valence electrons. The molecule has 2 aliphatic rings. The van der Waals surface area contributed by atoms with Crippen molar-refractivity contribution in [1.29, 1.82) is 0 Å². The average molecular weight is 209 g/mol. The summed E-state index contributed by atoms with van der Waals surface area (Å²) in [4.78, 5) is 4.43. The number of ether oxygens (including phenoxy) is 1. The van der Waals surface area contributed by atoms with Crippen LogP contribution in [-0.2, 0) is 4.74 Å². The molecular weight excluding hydrogens is 194 g/mol. The highest BCUT2D eigenvalue weighted by Gasteiger charge is 2.33. The fourth-order valence-corrected chi connectivity index (χ4v) is 1.97. The summed E-state index contributed by atoms with van der Waals surface area (Å²) in [7, 11) is 1.73. The van der Waals surface area contributed by atoms with Gasteiger partial charge in [0.25, 0.3) is 0 Å². The molecular formula is C10H15N3O2. The fourth-order valence-electron chi connectivity index (χ4n) is 1.97. The predicted octanol–water partition coefficient (Wildman–Crippen LogP) is 0.996. The topological polar surface area (TPSA) is 60.2 Å². The number of nitrogens with zero attached hydrogens (tertiary/aromatic N) is 2. The van der Waals surface area contributed by atoms with Gasteiger partial charge in [-0.15, -0.1) is 0 Å². The van der Waals surface area contributed by atoms with Gasteiger partial charge in [0.15, 0.2) is 5.82 Å². The van der Waals surface area contributed by atoms with Crippen LogP contribution in [0.25, 0.3) is 0 Å². The summed E-state index contributed by atoms with van der Waals surface area (Å²) in [5.74, 6) is 2.16. The van der Waals surface area contributed by atoms with Gasteiger partial charge in [-0.3, -0.25) is 0 Å². The molecule has 3 rings (SSSR count). The fraction of sp³-hybridized carbons (Fsp3) is 0.800. The molecule has 1 aliphatic carbocycles. The van der Waals surface area contributed by atoms with E-state index in [1.165, 1.54) is 12.8 Å². The lowest BCUT2D eigenvalue weighted by Gasteiger charge is -2.04. The van der Waals surface area contributed by atoms with E-state index < -0.39 is 0 Å². The van der Waals surface area contributed by atoms with E-state index in [0.29, 0.717) is 5.92 Å². The maximum Gasteiger partial charge on any atom is 0.243 e. The summed E-state index contributed by atoms with van der Waals surface area (Å²) in [6.45, 7) is 0.863. The second-order valence-corrected chi connectivity index (χ2v) is 4.32. The van der Waals surface area contributed by atoms with Crippen LogP contribution in [0.5, 0.6) is 0 Å². The van der Waals surface area contributed by atoms with Crippen LogP contribution in [0, 0.1) is 0 Å². The Hall–Kier alpha value is -0.940. The normalized spacial score (nSPS) is 31.0. The number of methoxy groups -OCH3 is 1. The third-order valence-corrected chi connectivity index (χ3v) is 3.12. The van der Waals surface area contributed by atoms with Crippen molar-refractivity contribution < 1.29 is 9.26 Å². The van der Waals surface area contributed by atoms with Gasteiger partial charge in [0.05, 0.1) is 12.1 Å². The lowest BCUT2D eigenvalue weighted by Crippen LogP contribution is -2.16. The number of hydrogen-bond donors (Lipinski definition) is 1. The molecule has 0 amide bonds. The Morgan fingerprint density at radius 1 is 1.47 bits per heavy atom. The van der Waals surface area contributed by atoms with Crippen molar-refractivity contribution in [3.8, 4) is 0 Å². The van der Waals surface area contributed by atoms with E-state index in [4.69, 9.17) is 9.26 Å². The van der Waals surface area contributed by atoms with E-state index in [1.54, 1.807) is 7.11 Å². The largest absolute Gasteiger partial charge is 0.380 e. The predicted molar refractivity (Wildman–Crippen MR) is 52.4 cm³/mol. The molecule has 0 bridgehead atoms. The highest BCUT2D eigenvalue weighted by molar-refractivity contribution is 5.06. The lowest BCUT2D eigenvalue weighted by atomic mass is 10.2. The summed E-state index contributed by atoms with van der Waals surface area (Å²) >= 11 is 0. The van der Waals surface area contributed by atoms with Crippen LogP contribution < -0.4 is 5.32 Å². The van der Waals surface area contributed by atoms with Gasteiger partial charge in [-0.25, -0.2) is 0 Å². The van der Waals surface area contributed by atoms with Crippen LogP contribution in [0.15, 0.2) is 4.52 Å². The molecule has 5 heteroatoms. The van der Waals surface area contributed by atoms with Gasteiger partial charge in [-0.2, -0.15) is 4.98 Å². The SMILES string of the molecule is CO[C@@H]1CN[C@H](c2nc(C3CC3)no2)C1. The highest BCUT2D eigenvalue weighted by atomic mass is 16.5. The Morgan fingerprint density at radius 3 is 3.00 bits per heavy atom. The first kappa shape index (κ1) is 9.30. The average Bonchev–Trinajstić information content (AvgIpc) is 2.84. The Morgan fingerprint density at radius 2 is 2.33 bits per heavy atom. The van der Waals surface area contributed by atoms with Crippen LogP contribution in [0.2, 0.25) is 0 Å². The summed E-state index contributed by atoms with van der Waals surface area (Å²) in [6.07, 6.45) is 3.60. The molecule has 1 aromatic heterocycles. The van der Waals surface area contributed by atoms with Crippen molar-refractivity contribution in [2.45, 2.75) is 37.3 Å². The van der Waals surface area contributed by atoms with Gasteiger partial charge in [0.1, 0.15) is 0 Å². The smallest absolute Gasteiger partial charge is 0.243 e. The minimum atomic E-state index is 0.176. The molecule has 15 heavy (non-hydrogen) atoms. The van der Waals surface area contributed by atoms with Crippen LogP contribution in [0.1, 0.15) is 42.9 Å². The van der Waals surface area contributed by atoms with Crippen molar-refractivity contribution in [3.05, 3.63) is 11.7 Å². The number of rotatable bonds is 3. The molecule has 0 radical (unpaired) electrons. The molecule has 0 spiro atoms. The molecule has 2 atom stereocenters. The van der Waals surface area contributed by atoms with Crippen molar-refractivity contribution >= 4 is 0 Å². The second kappa shape index (κ2) is 3.57. The second-order valence-electron chi connectivity index (χ2n) is 4.32. The van der Waals surface area contributed by atoms with Gasteiger partial charge in [-0.1, -0.05) is 5.16 Å². The zero-order chi connectivity index (χ0) is 10.3. The Kier molecular flexibility index (Phi) is 2.21. The summed E-state index contributed by atoms with van der Waals surface area (Å²) in [5, 5.41) is 7.33. The van der Waals surface area contributed by atoms with Gasteiger partial charge >= 0.3 is 0 Å². The zero-order valence-corrected chi connectivity index (χ0v) is 8.77. The maximum absolute atomic E-state index is 5.28. The summed E-state index contributed by atoms with van der Waals surface area (Å²) in [6, 6.07) is 0.176. The van der Waals surface area contributed by atoms with Gasteiger partial charge in [-0.05, 0) is 19.3 Å². The highest BCUT2D eigenvalue weighted by Crippen LogP contribution is 2.38. The Labute approximate surface area is 88.2 Å². The molecule has 2 fully saturated rings. The van der Waals surface area contributed by atoms with Gasteiger partial charge < -0.3 is 14.6 Å². The van der Waals surface area contributed by atoms with E-state index in [2.05, 4.69) is 15.5 Å². The molecule has 1 aromatic rings. The molecule has 0 aromatic carbocycles. The van der Waals surface area contributed by atoms with Crippen LogP contribution in [-0.4, -0.2) is 29.9 Å². The van der Waals surface area contributed by atoms with Crippen LogP contribution in [0.3, 0.4) is 0 Å². The van der Waals surface area contributed by atoms with E-state index in [1.807, 2.05) is 0 Å². The molecule has 5 nitrogen and oxygen atoms in total. The first-order valence-corrected chi connectivity index (χ1v) is 5.46. The van der Waals surface area contributed by atoms with Crippen LogP contribution in [0.4, 0.5) is 0 Å². The first-order valence-electron chi connectivity index (χ1n) is 5.46. The third-order valence-electron chi connectivity index (χ3n) is 3.12. The minimum Gasteiger partial charge on any atom is -0.380 e. The number of aromatic nitrogens is 2. The summed E-state index contributed by atoms with van der Waals surface area (Å²) in [5.41, 5.74) is 0. The summed E-state index contributed by atoms with van der Waals surface area (Å²) < 4.78 is 10.5. The molecule has 1 N–H and O–H groups in total. The number of hydrogen-bond acceptors (Lipinski definition) is 5. The quantitative estimate of drug-likeness (QED) is 0.804. The van der Waals surface area contributed by atoms with E-state index in [9.17, 15) is 0 Å². The molecule has 1 saturated heterocycles. The Balaban J connectivity index is 1.70. The van der Waals surface area contributed by atoms with Crippen molar-refractivity contribution in [2.24, 2.45) is 0 Å². The van der Waals surface area contributed by atoms with E-state index in [-0.39, 0.29) is 12.1 Å². The Bertz CT molecular complexity index is 348. The van der Waals surface area contributed by atoms with Crippen molar-refractivity contribution in [3.63, 3.8) is 0 Å². The molecule has 0 unspecified atom stereocenters. The first-order chi connectivity index (χ1) is 7.36. The molecule has 2 heterocycles. The monoisotopic (exact) mass is 209 g/mol. The molecule has 1 aliphatic heterocycles. The van der Waals surface area contributed by atoms with E-state index in [0.717, 1.165) is 24.7 Å². The third kappa shape index (κ3) is 1.77. The molecule has 1 saturated carbocycles. The van der Waals surface area contributed by atoms with E-state index >= 15 is 0 Å². The zero-order valence-electron chi connectivity index (χ0n) is 8.77. The van der Waals surface area contributed by atoms with Crippen LogP contribution >= 0.6 is 0 Å². The van der Waals surface area contributed by atoms with Crippen molar-refractivity contribution in [2.75, 3.05) is 13.7 Å². The standard InChI is InChI=1S/C10H15N3O2/c1-14-7-4-8(11-5-7)10-12-9(13-15-10)6-2-3-6/h6-8,11H,2-5H2,1H3/t7-,8-/m0/s1. The van der Waals surface area contributed by atoms with Crippen molar-refractivity contribution in [1.82, 2.24) is 15.5 Å². The van der Waals surface area contributed by atoms with Gasteiger partial charge in [0.2, 0.25) is 5.89 Å². The van der Waals surface area contributed by atoms with Gasteiger partial charge in [0, 0.05) is 19.6 Å². The maximum atomic E-state index is 5.28. The number of nitrogens with one attached hydrogen (secondary N) is 1. The lowest BCUT2D eigenvalue weighted by molar-refractivity contribution is 0.116.